The lowest BCUT2D eigenvalue weighted by Crippen LogP contribution is -2.52. The Morgan fingerprint density at radius 2 is 1.96 bits per heavy atom. The molecule has 1 saturated heterocycles. The lowest BCUT2D eigenvalue weighted by atomic mass is 9.76. The maximum absolute atomic E-state index is 13.0. The highest BCUT2D eigenvalue weighted by molar-refractivity contribution is 6.35. The van der Waals surface area contributed by atoms with E-state index in [4.69, 9.17) is 33.7 Å². The third-order valence-corrected chi connectivity index (χ3v) is 5.99. The molecule has 4 rings (SSSR count). The van der Waals surface area contributed by atoms with Gasteiger partial charge in [0, 0.05) is 40.8 Å². The Bertz CT molecular complexity index is 929. The number of benzene rings is 1. The number of nitriles is 1. The zero-order chi connectivity index (χ0) is 19.8. The Labute approximate surface area is 173 Å². The molecule has 2 N–H and O–H groups in total. The van der Waals surface area contributed by atoms with E-state index in [0.717, 1.165) is 18.5 Å². The Balaban J connectivity index is 1.91. The quantitative estimate of drug-likeness (QED) is 0.792. The van der Waals surface area contributed by atoms with Crippen LogP contribution in [0.25, 0.3) is 0 Å². The number of carbonyl (C=O) groups excluding carboxylic acids is 1. The van der Waals surface area contributed by atoms with Crippen LogP contribution < -0.4 is 5.73 Å². The van der Waals surface area contributed by atoms with Crippen molar-refractivity contribution in [2.24, 2.45) is 5.73 Å². The zero-order valence-electron chi connectivity index (χ0n) is 15.3. The summed E-state index contributed by atoms with van der Waals surface area (Å²) in [5.74, 6) is -0.181. The molecule has 0 bridgehead atoms. The molecule has 0 aromatic heterocycles. The van der Waals surface area contributed by atoms with Crippen LogP contribution in [0.4, 0.5) is 0 Å². The molecule has 1 atom stereocenters. The first kappa shape index (κ1) is 19.3. The van der Waals surface area contributed by atoms with Crippen molar-refractivity contribution in [3.63, 3.8) is 0 Å². The summed E-state index contributed by atoms with van der Waals surface area (Å²) in [6, 6.07) is 7.37. The average Bonchev–Trinajstić information content (AvgIpc) is 2.68. The van der Waals surface area contributed by atoms with Crippen LogP contribution in [0.3, 0.4) is 0 Å². The Kier molecular flexibility index (Phi) is 5.35. The van der Waals surface area contributed by atoms with Crippen molar-refractivity contribution < 1.29 is 9.53 Å². The van der Waals surface area contributed by atoms with Crippen molar-refractivity contribution in [1.29, 1.82) is 5.26 Å². The number of carbonyl (C=O) groups is 1. The summed E-state index contributed by atoms with van der Waals surface area (Å²) in [6.45, 7) is 2.46. The number of rotatable bonds is 2. The molecule has 0 saturated carbocycles. The first-order chi connectivity index (χ1) is 13.5. The van der Waals surface area contributed by atoms with Gasteiger partial charge in [0.25, 0.3) is 0 Å². The molecule has 8 heteroatoms. The Morgan fingerprint density at radius 3 is 2.64 bits per heavy atom. The van der Waals surface area contributed by atoms with Gasteiger partial charge in [-0.1, -0.05) is 29.3 Å². The fourth-order valence-corrected chi connectivity index (χ4v) is 4.71. The van der Waals surface area contributed by atoms with Gasteiger partial charge in [0.05, 0.1) is 30.8 Å². The van der Waals surface area contributed by atoms with Crippen LogP contribution in [-0.4, -0.2) is 42.1 Å². The summed E-state index contributed by atoms with van der Waals surface area (Å²) in [6.07, 6.45) is 1.93. The number of ketones is 1. The SMILES string of the molecule is N#CC1=C(N)N(N2CCOCC2)C2=C(C(=O)CCC2)C1c1ccc(Cl)cc1Cl. The normalized spacial score (nSPS) is 23.7. The molecule has 3 aliphatic rings. The van der Waals surface area contributed by atoms with Gasteiger partial charge in [-0.2, -0.15) is 5.26 Å². The maximum Gasteiger partial charge on any atom is 0.161 e. The molecule has 0 radical (unpaired) electrons. The summed E-state index contributed by atoms with van der Waals surface area (Å²) < 4.78 is 5.45. The monoisotopic (exact) mass is 418 g/mol. The average molecular weight is 419 g/mol. The van der Waals surface area contributed by atoms with Crippen LogP contribution in [0, 0.1) is 11.3 Å². The minimum Gasteiger partial charge on any atom is -0.383 e. The summed E-state index contributed by atoms with van der Waals surface area (Å²) in [7, 11) is 0. The molecular formula is C20H20Cl2N4O2. The number of allylic oxidation sites excluding steroid dienone is 3. The second-order valence-corrected chi connectivity index (χ2v) is 7.87. The predicted molar refractivity (Wildman–Crippen MR) is 106 cm³/mol. The highest BCUT2D eigenvalue weighted by Crippen LogP contribution is 2.47. The van der Waals surface area contributed by atoms with E-state index in [2.05, 4.69) is 11.1 Å². The molecular weight excluding hydrogens is 399 g/mol. The van der Waals surface area contributed by atoms with Crippen LogP contribution >= 0.6 is 23.2 Å². The molecule has 1 fully saturated rings. The highest BCUT2D eigenvalue weighted by atomic mass is 35.5. The maximum atomic E-state index is 13.0. The molecule has 6 nitrogen and oxygen atoms in total. The summed E-state index contributed by atoms with van der Waals surface area (Å²) in [5, 5.41) is 14.8. The third kappa shape index (κ3) is 3.19. The fourth-order valence-electron chi connectivity index (χ4n) is 4.19. The highest BCUT2D eigenvalue weighted by Gasteiger charge is 2.42. The van der Waals surface area contributed by atoms with Crippen LogP contribution in [0.2, 0.25) is 10.0 Å². The molecule has 1 aromatic rings. The van der Waals surface area contributed by atoms with Crippen molar-refractivity contribution in [3.05, 3.63) is 56.5 Å². The van der Waals surface area contributed by atoms with Gasteiger partial charge < -0.3 is 10.5 Å². The summed E-state index contributed by atoms with van der Waals surface area (Å²) in [5.41, 5.74) is 9.01. The Hall–Kier alpha value is -2.04. The van der Waals surface area contributed by atoms with E-state index in [1.165, 1.54) is 0 Å². The first-order valence-electron chi connectivity index (χ1n) is 9.26. The number of ether oxygens (including phenoxy) is 1. The molecule has 28 heavy (non-hydrogen) atoms. The van der Waals surface area contributed by atoms with Crippen LogP contribution in [0.15, 0.2) is 40.9 Å². The van der Waals surface area contributed by atoms with E-state index in [1.54, 1.807) is 18.2 Å². The minimum atomic E-state index is -0.574. The molecule has 1 unspecified atom stereocenters. The van der Waals surface area contributed by atoms with E-state index in [0.29, 0.717) is 65.3 Å². The smallest absolute Gasteiger partial charge is 0.161 e. The largest absolute Gasteiger partial charge is 0.383 e. The van der Waals surface area contributed by atoms with Crippen molar-refractivity contribution in [1.82, 2.24) is 10.0 Å². The van der Waals surface area contributed by atoms with Crippen LogP contribution in [0.1, 0.15) is 30.7 Å². The molecule has 146 valence electrons. The number of hydrogen-bond donors (Lipinski definition) is 1. The van der Waals surface area contributed by atoms with Gasteiger partial charge in [0.15, 0.2) is 5.78 Å². The van der Waals surface area contributed by atoms with Crippen LogP contribution in [-0.2, 0) is 9.53 Å². The summed E-state index contributed by atoms with van der Waals surface area (Å²) in [4.78, 5) is 13.0. The lowest BCUT2D eigenvalue weighted by Gasteiger charge is -2.45. The fraction of sp³-hybridized carbons (Fsp3) is 0.400. The van der Waals surface area contributed by atoms with Gasteiger partial charge >= 0.3 is 0 Å². The van der Waals surface area contributed by atoms with Gasteiger partial charge in [0.1, 0.15) is 5.82 Å². The van der Waals surface area contributed by atoms with E-state index in [-0.39, 0.29) is 5.78 Å². The number of Topliss-reactive ketones (excluding diaryl/α,β-unsaturated/α-hetero) is 1. The van der Waals surface area contributed by atoms with E-state index in [1.807, 2.05) is 5.01 Å². The van der Waals surface area contributed by atoms with Crippen molar-refractivity contribution >= 4 is 29.0 Å². The number of hydrogen-bond acceptors (Lipinski definition) is 6. The topological polar surface area (TPSA) is 82.6 Å². The number of nitrogens with two attached hydrogens (primary N) is 1. The Morgan fingerprint density at radius 1 is 1.21 bits per heavy atom. The zero-order valence-corrected chi connectivity index (χ0v) is 16.8. The minimum absolute atomic E-state index is 0.0378. The van der Waals surface area contributed by atoms with Crippen molar-refractivity contribution in [3.8, 4) is 6.07 Å². The number of morpholine rings is 1. The third-order valence-electron chi connectivity index (χ3n) is 5.43. The number of hydrazine groups is 1. The second-order valence-electron chi connectivity index (χ2n) is 7.02. The molecule has 0 spiro atoms. The molecule has 1 aliphatic carbocycles. The van der Waals surface area contributed by atoms with Gasteiger partial charge in [-0.15, -0.1) is 0 Å². The standard InChI is InChI=1S/C20H20Cl2N4O2/c21-12-4-5-13(15(22)10-12)18-14(11-23)20(24)26(25-6-8-28-9-7-25)16-2-1-3-17(27)19(16)18/h4-5,10,18H,1-3,6-9,24H2. The van der Waals surface area contributed by atoms with Crippen molar-refractivity contribution in [2.75, 3.05) is 26.3 Å². The lowest BCUT2D eigenvalue weighted by molar-refractivity contribution is -0.117. The van der Waals surface area contributed by atoms with Gasteiger partial charge in [-0.25, -0.2) is 5.01 Å². The van der Waals surface area contributed by atoms with E-state index >= 15 is 0 Å². The number of halogens is 2. The molecule has 2 aliphatic heterocycles. The molecule has 2 heterocycles. The van der Waals surface area contributed by atoms with E-state index < -0.39 is 5.92 Å². The number of nitrogens with zero attached hydrogens (tertiary/aromatic N) is 3. The van der Waals surface area contributed by atoms with Gasteiger partial charge in [-0.05, 0) is 30.5 Å². The van der Waals surface area contributed by atoms with Gasteiger partial charge in [0.2, 0.25) is 0 Å². The van der Waals surface area contributed by atoms with Gasteiger partial charge in [-0.3, -0.25) is 9.80 Å². The first-order valence-corrected chi connectivity index (χ1v) is 10.0. The summed E-state index contributed by atoms with van der Waals surface area (Å²) >= 11 is 12.5. The predicted octanol–water partition coefficient (Wildman–Crippen LogP) is 3.34. The van der Waals surface area contributed by atoms with E-state index in [9.17, 15) is 10.1 Å². The molecule has 0 amide bonds. The van der Waals surface area contributed by atoms with Crippen molar-refractivity contribution in [2.45, 2.75) is 25.2 Å². The second kappa shape index (κ2) is 7.76. The molecule has 1 aromatic carbocycles. The van der Waals surface area contributed by atoms with Crippen LogP contribution in [0.5, 0.6) is 0 Å².